The maximum Gasteiger partial charge on any atom is 0.337 e. The number of non-ortho nitro benzene ring substituents is 1. The van der Waals surface area contributed by atoms with Crippen LogP contribution in [0.3, 0.4) is 0 Å². The number of carbonyl (C=O) groups excluding carboxylic acids is 2. The maximum absolute atomic E-state index is 13.7. The quantitative estimate of drug-likeness (QED) is 0.336. The highest BCUT2D eigenvalue weighted by Gasteiger charge is 2.43. The molecule has 2 atom stereocenters. The number of dihydropyridines is 1. The number of benzene rings is 1. The molecule has 1 N–H and O–H groups in total. The van der Waals surface area contributed by atoms with Crippen molar-refractivity contribution in [3.8, 4) is 0 Å². The monoisotopic (exact) mass is 512 g/mol. The zero-order chi connectivity index (χ0) is 26.0. The number of hydrogen-bond acceptors (Lipinski definition) is 10. The minimum Gasteiger partial charge on any atom is -0.466 e. The number of hydrogen-bond donors (Lipinski definition) is 1. The van der Waals surface area contributed by atoms with Crippen LogP contribution in [0, 0.1) is 10.1 Å². The number of nitro benzene ring substituents is 1. The first kappa shape index (κ1) is 25.5. The Morgan fingerprint density at radius 1 is 1.28 bits per heavy atom. The van der Waals surface area contributed by atoms with E-state index < -0.39 is 28.4 Å². The Balaban J connectivity index is 1.65. The zero-order valence-electron chi connectivity index (χ0n) is 20.6. The van der Waals surface area contributed by atoms with E-state index in [0.717, 1.165) is 11.6 Å². The number of nitrogens with one attached hydrogen (secondary N) is 1. The highest BCUT2D eigenvalue weighted by atomic mass is 32.1. The number of aromatic nitrogens is 1. The summed E-state index contributed by atoms with van der Waals surface area (Å²) in [6, 6.07) is 5.93. The zero-order valence-corrected chi connectivity index (χ0v) is 21.4. The molecule has 0 radical (unpaired) electrons. The molecule has 190 valence electrons. The molecule has 1 saturated heterocycles. The molecule has 3 heterocycles. The Kier molecular flexibility index (Phi) is 7.23. The second kappa shape index (κ2) is 10.2. The van der Waals surface area contributed by atoms with Gasteiger partial charge in [-0.05, 0) is 26.3 Å². The van der Waals surface area contributed by atoms with Gasteiger partial charge in [0.25, 0.3) is 5.69 Å². The van der Waals surface area contributed by atoms with Crippen LogP contribution in [-0.2, 0) is 25.6 Å². The number of ether oxygens (including phenoxy) is 2. The van der Waals surface area contributed by atoms with Crippen molar-refractivity contribution in [3.05, 3.63) is 79.1 Å². The maximum atomic E-state index is 13.7. The Hall–Kier alpha value is -3.57. The fourth-order valence-electron chi connectivity index (χ4n) is 4.84. The molecule has 36 heavy (non-hydrogen) atoms. The first-order chi connectivity index (χ1) is 17.1. The fraction of sp³-hybridized carbons (Fsp3) is 0.400. The van der Waals surface area contributed by atoms with Crippen molar-refractivity contribution in [3.63, 3.8) is 0 Å². The van der Waals surface area contributed by atoms with E-state index in [1.165, 1.54) is 25.3 Å². The Morgan fingerprint density at radius 2 is 2.00 bits per heavy atom. The molecule has 10 nitrogen and oxygen atoms in total. The smallest absolute Gasteiger partial charge is 0.337 e. The number of likely N-dealkylation sites (tertiary alicyclic amines) is 1. The SMILES string of the molecule is COC(=O)C1=C(C)NC(C)=C(C(=O)OC2(C)CCN(Cc3nccs3)C2)C1c1cccc([N+](=O)[O-])c1. The van der Waals surface area contributed by atoms with Crippen molar-refractivity contribution in [2.24, 2.45) is 0 Å². The van der Waals surface area contributed by atoms with Crippen molar-refractivity contribution in [1.82, 2.24) is 15.2 Å². The van der Waals surface area contributed by atoms with E-state index in [1.807, 2.05) is 12.3 Å². The third-order valence-corrected chi connectivity index (χ3v) is 7.26. The molecule has 1 aromatic heterocycles. The van der Waals surface area contributed by atoms with Crippen LogP contribution in [0.2, 0.25) is 0 Å². The Morgan fingerprint density at radius 3 is 2.64 bits per heavy atom. The average Bonchev–Trinajstić information content (AvgIpc) is 3.47. The summed E-state index contributed by atoms with van der Waals surface area (Å²) in [6.07, 6.45) is 2.41. The number of esters is 2. The van der Waals surface area contributed by atoms with Crippen LogP contribution in [0.4, 0.5) is 5.69 Å². The second-order valence-corrected chi connectivity index (χ2v) is 10.2. The van der Waals surface area contributed by atoms with Gasteiger partial charge in [-0.25, -0.2) is 14.6 Å². The highest BCUT2D eigenvalue weighted by Crippen LogP contribution is 2.41. The van der Waals surface area contributed by atoms with Gasteiger partial charge in [-0.2, -0.15) is 0 Å². The van der Waals surface area contributed by atoms with Crippen molar-refractivity contribution in [2.75, 3.05) is 20.2 Å². The lowest BCUT2D eigenvalue weighted by Gasteiger charge is -2.32. The van der Waals surface area contributed by atoms with Gasteiger partial charge in [-0.3, -0.25) is 15.0 Å². The molecule has 0 aliphatic carbocycles. The molecule has 2 unspecified atom stereocenters. The van der Waals surface area contributed by atoms with Gasteiger partial charge in [-0.15, -0.1) is 11.3 Å². The summed E-state index contributed by atoms with van der Waals surface area (Å²) < 4.78 is 11.1. The predicted molar refractivity (Wildman–Crippen MR) is 133 cm³/mol. The molecule has 1 fully saturated rings. The van der Waals surface area contributed by atoms with Gasteiger partial charge < -0.3 is 14.8 Å². The largest absolute Gasteiger partial charge is 0.466 e. The summed E-state index contributed by atoms with van der Waals surface area (Å²) in [7, 11) is 1.26. The van der Waals surface area contributed by atoms with Crippen molar-refractivity contribution in [1.29, 1.82) is 0 Å². The molecule has 1 aromatic carbocycles. The predicted octanol–water partition coefficient (Wildman–Crippen LogP) is 3.67. The number of nitro groups is 1. The first-order valence-corrected chi connectivity index (χ1v) is 12.3. The summed E-state index contributed by atoms with van der Waals surface area (Å²) >= 11 is 1.58. The summed E-state index contributed by atoms with van der Waals surface area (Å²) in [5.41, 5.74) is 1.00. The molecule has 2 aromatic rings. The van der Waals surface area contributed by atoms with Gasteiger partial charge in [0, 0.05) is 54.6 Å². The molecule has 0 amide bonds. The highest BCUT2D eigenvalue weighted by molar-refractivity contribution is 7.09. The molecule has 0 bridgehead atoms. The van der Waals surface area contributed by atoms with E-state index in [2.05, 4.69) is 15.2 Å². The molecule has 0 saturated carbocycles. The van der Waals surface area contributed by atoms with Crippen LogP contribution in [-0.4, -0.2) is 52.5 Å². The molecule has 11 heteroatoms. The fourth-order valence-corrected chi connectivity index (χ4v) is 5.50. The molecular formula is C25H28N4O6S. The topological polar surface area (TPSA) is 124 Å². The first-order valence-electron chi connectivity index (χ1n) is 11.5. The third-order valence-electron chi connectivity index (χ3n) is 6.50. The minimum atomic E-state index is -0.887. The molecule has 4 rings (SSSR count). The van der Waals surface area contributed by atoms with E-state index in [4.69, 9.17) is 9.47 Å². The molecule has 2 aliphatic rings. The van der Waals surface area contributed by atoms with Crippen LogP contribution >= 0.6 is 11.3 Å². The van der Waals surface area contributed by atoms with Crippen LogP contribution in [0.1, 0.15) is 43.7 Å². The molecular weight excluding hydrogens is 484 g/mol. The van der Waals surface area contributed by atoms with E-state index in [-0.39, 0.29) is 16.8 Å². The van der Waals surface area contributed by atoms with Gasteiger partial charge in [0.1, 0.15) is 10.6 Å². The summed E-state index contributed by atoms with van der Waals surface area (Å²) in [4.78, 5) is 44.0. The van der Waals surface area contributed by atoms with Gasteiger partial charge in [0.15, 0.2) is 0 Å². The number of carbonyl (C=O) groups is 2. The molecule has 0 spiro atoms. The lowest BCUT2D eigenvalue weighted by molar-refractivity contribution is -0.384. The lowest BCUT2D eigenvalue weighted by Crippen LogP contribution is -2.38. The van der Waals surface area contributed by atoms with Gasteiger partial charge in [0.05, 0.1) is 35.6 Å². The summed E-state index contributed by atoms with van der Waals surface area (Å²) in [5.74, 6) is -2.09. The Labute approximate surface area is 212 Å². The Bertz CT molecular complexity index is 1260. The van der Waals surface area contributed by atoms with Crippen LogP contribution < -0.4 is 5.32 Å². The van der Waals surface area contributed by atoms with Gasteiger partial charge in [-0.1, -0.05) is 12.1 Å². The second-order valence-electron chi connectivity index (χ2n) is 9.20. The number of methoxy groups -OCH3 is 1. The van der Waals surface area contributed by atoms with Gasteiger partial charge in [0.2, 0.25) is 0 Å². The normalized spacial score (nSPS) is 22.4. The standard InChI is InChI=1S/C25H28N4O6S/c1-15-20(23(30)34-4)22(17-6-5-7-18(12-17)29(32)33)21(16(2)27-15)24(31)35-25(3)8-10-28(14-25)13-19-26-9-11-36-19/h5-7,9,11-12,22,27H,8,10,13-14H2,1-4H3. The number of allylic oxidation sites excluding steroid dienone is 2. The van der Waals surface area contributed by atoms with Crippen LogP contribution in [0.15, 0.2) is 58.4 Å². The van der Waals surface area contributed by atoms with Crippen LogP contribution in [0.5, 0.6) is 0 Å². The summed E-state index contributed by atoms with van der Waals surface area (Å²) in [6.45, 7) is 7.29. The van der Waals surface area contributed by atoms with E-state index in [9.17, 15) is 19.7 Å². The molecule has 2 aliphatic heterocycles. The van der Waals surface area contributed by atoms with Crippen molar-refractivity contribution in [2.45, 2.75) is 45.3 Å². The number of nitrogens with zero attached hydrogens (tertiary/aromatic N) is 3. The van der Waals surface area contributed by atoms with Crippen LogP contribution in [0.25, 0.3) is 0 Å². The number of rotatable bonds is 7. The average molecular weight is 513 g/mol. The van der Waals surface area contributed by atoms with Crippen molar-refractivity contribution >= 4 is 29.0 Å². The third kappa shape index (κ3) is 5.17. The van der Waals surface area contributed by atoms with Crippen molar-refractivity contribution < 1.29 is 24.0 Å². The van der Waals surface area contributed by atoms with Gasteiger partial charge >= 0.3 is 11.9 Å². The minimum absolute atomic E-state index is 0.140. The van der Waals surface area contributed by atoms with E-state index in [0.29, 0.717) is 36.5 Å². The van der Waals surface area contributed by atoms with E-state index >= 15 is 0 Å². The number of thiazole rings is 1. The summed E-state index contributed by atoms with van der Waals surface area (Å²) in [5, 5.41) is 17.5. The van der Waals surface area contributed by atoms with E-state index in [1.54, 1.807) is 37.4 Å². The lowest BCUT2D eigenvalue weighted by atomic mass is 9.80.